The molecule has 4 aliphatic rings. The highest BCUT2D eigenvalue weighted by Gasteiger charge is 2.38. The number of aromatic hydroxyl groups is 1. The maximum Gasteiger partial charge on any atom is 0.306 e. The molecule has 12 amide bonds. The first-order valence-corrected chi connectivity index (χ1v) is 30.3. The normalized spacial score (nSPS) is 19.6. The number of rotatable bonds is 32. The zero-order valence-corrected chi connectivity index (χ0v) is 52.4. The number of aromatic nitrogens is 1. The lowest BCUT2D eigenvalue weighted by Crippen LogP contribution is -2.62. The largest absolute Gasteiger partial charge is 0.504 e. The molecule has 4 rings (SSSR count). The van der Waals surface area contributed by atoms with E-state index in [9.17, 15) is 103 Å². The van der Waals surface area contributed by atoms with Gasteiger partial charge in [-0.25, -0.2) is 10.1 Å². The Morgan fingerprint density at radius 1 is 0.705 bits per heavy atom. The monoisotopic (exact) mass is 1350 g/mol. The number of phenols is 1. The summed E-state index contributed by atoms with van der Waals surface area (Å²) in [6.07, 6.45) is -5.40. The highest BCUT2D eigenvalue weighted by Crippen LogP contribution is 2.40. The Labute approximate surface area is 542 Å². The fourth-order valence-corrected chi connectivity index (χ4v) is 9.93. The molecule has 10 unspecified atom stereocenters. The number of aliphatic hydroxyl groups is 4. The van der Waals surface area contributed by atoms with Crippen LogP contribution >= 0.6 is 0 Å². The summed E-state index contributed by atoms with van der Waals surface area (Å²) >= 11 is 0. The van der Waals surface area contributed by atoms with Crippen molar-refractivity contribution in [2.24, 2.45) is 16.5 Å². The van der Waals surface area contributed by atoms with Crippen molar-refractivity contribution in [3.63, 3.8) is 0 Å². The molecule has 0 saturated carbocycles. The Kier molecular flexibility index (Phi) is 31.4. The third-order valence-electron chi connectivity index (χ3n) is 15.0. The van der Waals surface area contributed by atoms with Crippen LogP contribution in [0, 0.1) is 0 Å². The van der Waals surface area contributed by atoms with Gasteiger partial charge in [-0.3, -0.25) is 82.5 Å². The van der Waals surface area contributed by atoms with Gasteiger partial charge >= 0.3 is 5.97 Å². The number of hydrogen-bond acceptors (Lipinski definition) is 24. The summed E-state index contributed by atoms with van der Waals surface area (Å²) in [6.45, 7) is -0.959. The number of esters is 1. The van der Waals surface area contributed by atoms with Gasteiger partial charge < -0.3 is 105 Å². The second kappa shape index (κ2) is 38.4. The number of fused-ring (bicyclic) bond motifs is 3. The van der Waals surface area contributed by atoms with Gasteiger partial charge in [-0.05, 0) is 90.2 Å². The van der Waals surface area contributed by atoms with E-state index >= 15 is 0 Å². The van der Waals surface area contributed by atoms with Crippen LogP contribution in [0.15, 0.2) is 28.0 Å². The molecule has 39 nitrogen and oxygen atoms in total. The minimum Gasteiger partial charge on any atom is -0.504 e. The van der Waals surface area contributed by atoms with Crippen molar-refractivity contribution in [3.8, 4) is 17.0 Å². The molecule has 0 spiro atoms. The van der Waals surface area contributed by atoms with Gasteiger partial charge in [-0.1, -0.05) is 0 Å². The van der Waals surface area contributed by atoms with Crippen LogP contribution in [0.2, 0.25) is 0 Å². The highest BCUT2D eigenvalue weighted by molar-refractivity contribution is 6.00. The fourth-order valence-electron chi connectivity index (χ4n) is 9.93. The molecule has 0 aromatic carbocycles. The molecule has 526 valence electrons. The number of guanidine groups is 1. The van der Waals surface area contributed by atoms with Crippen LogP contribution in [0.25, 0.3) is 11.3 Å². The van der Waals surface area contributed by atoms with E-state index in [1.54, 1.807) is 0 Å². The molecule has 1 saturated heterocycles. The minimum absolute atomic E-state index is 0.0271. The van der Waals surface area contributed by atoms with E-state index in [1.807, 2.05) is 0 Å². The van der Waals surface area contributed by atoms with Crippen LogP contribution in [-0.2, 0) is 67.1 Å². The van der Waals surface area contributed by atoms with Crippen molar-refractivity contribution < 1.29 is 103 Å². The third kappa shape index (κ3) is 23.9. The molecular weight excluding hydrogens is 1260 g/mol. The predicted molar refractivity (Wildman–Crippen MR) is 328 cm³/mol. The number of nitrogens with zero attached hydrogens (tertiary/aromatic N) is 4. The van der Waals surface area contributed by atoms with Gasteiger partial charge in [-0.15, -0.1) is 0 Å². The number of hydrogen-bond donors (Lipinski definition) is 20. The van der Waals surface area contributed by atoms with Crippen LogP contribution in [0.5, 0.6) is 5.75 Å². The number of methoxy groups -OCH3 is 1. The van der Waals surface area contributed by atoms with E-state index in [2.05, 4.69) is 68.2 Å². The van der Waals surface area contributed by atoms with E-state index in [4.69, 9.17) is 11.5 Å². The molecule has 1 fully saturated rings. The maximum atomic E-state index is 14.4. The van der Waals surface area contributed by atoms with Crippen molar-refractivity contribution in [3.05, 3.63) is 28.4 Å². The number of ether oxygens (including phenoxy) is 1. The fraction of sp³-hybridized carbons (Fsp3) is 0.589. The van der Waals surface area contributed by atoms with Crippen molar-refractivity contribution in [1.82, 2.24) is 62.5 Å². The Balaban J connectivity index is 1.63. The van der Waals surface area contributed by atoms with Crippen molar-refractivity contribution in [1.29, 1.82) is 0 Å². The number of anilines is 2. The second-order valence-corrected chi connectivity index (χ2v) is 22.3. The van der Waals surface area contributed by atoms with Crippen LogP contribution in [0.3, 0.4) is 0 Å². The molecule has 1 aliphatic carbocycles. The van der Waals surface area contributed by atoms with Crippen LogP contribution < -0.4 is 75.4 Å². The zero-order chi connectivity index (χ0) is 70.6. The number of carbonyl (C=O) groups excluding carboxylic acids is 13. The molecule has 11 atom stereocenters. The van der Waals surface area contributed by atoms with Gasteiger partial charge in [0.2, 0.25) is 77.3 Å². The van der Waals surface area contributed by atoms with Crippen LogP contribution in [0.1, 0.15) is 96.9 Å². The Morgan fingerprint density at radius 3 is 1.89 bits per heavy atom. The Hall–Kier alpha value is -9.83. The smallest absolute Gasteiger partial charge is 0.306 e. The highest BCUT2D eigenvalue weighted by atomic mass is 16.5. The number of amides is 12. The molecule has 0 aromatic heterocycles. The molecule has 39 heteroatoms. The quantitative estimate of drug-likeness (QED) is 0.00615. The van der Waals surface area contributed by atoms with Gasteiger partial charge in [0.15, 0.2) is 11.7 Å². The van der Waals surface area contributed by atoms with Gasteiger partial charge in [0.05, 0.1) is 50.3 Å². The maximum absolute atomic E-state index is 14.4. The number of aliphatic imine (C=N–C) groups is 1. The molecule has 0 radical (unpaired) electrons. The van der Waals surface area contributed by atoms with E-state index in [0.29, 0.717) is 0 Å². The number of nitrogens with one attached hydrogen (secondary N) is 11. The third-order valence-corrected chi connectivity index (χ3v) is 15.0. The van der Waals surface area contributed by atoms with Gasteiger partial charge in [0.1, 0.15) is 60.2 Å². The lowest BCUT2D eigenvalue weighted by Gasteiger charge is -2.34. The average Bonchev–Trinajstić information content (AvgIpc) is 0.750. The summed E-state index contributed by atoms with van der Waals surface area (Å²) < 4.78 is 5.93. The van der Waals surface area contributed by atoms with Crippen LogP contribution in [0.4, 0.5) is 11.5 Å². The number of pyridine rings is 1. The number of nitrogens with two attached hydrogens (primary N) is 2. The van der Waals surface area contributed by atoms with Crippen molar-refractivity contribution in [2.45, 2.75) is 157 Å². The lowest BCUT2D eigenvalue weighted by atomic mass is 10.0. The SMILES string of the molecule is COC(=O)CCC(=O)Nc1cc2cc(O)c(=O)cc-2n2c1NCC[C@H]2C(=O)NC(CO)C(=O)NC(CCCN=C(N)N)C(=O)NC(CO)C(=O)NC(CCCN(O)C=O)C(=O)NC1CCCCNC(=O)C(C(C)O)NC(=O)C(C(C)O)NC(=O)C(CCCN(O)C=O)NC1=O. The standard InChI is InChI=1S/C56H85N17O22/c1-28(78)44-54(91)60-16-5-4-9-31(47(84)64-34(12-8-20-72(94)27-77)50(87)69-45(29(2)79)55(92)70-44)63-48(85)33(11-7-19-71(93)26-76)66-51(88)36(24-74)67-49(86)32(10-6-17-61-56(57)58)65-52(89)37(25-75)68-53(90)38-15-18-59-46-35(62-42(82)13-14-43(83)95-3)21-30-22-40(80)41(81)23-39(30)73(38)46/h21-23,26-29,31-34,36-38,44-45,59,74-75,78-80,93-94H,4-20,24-25H2,1-3H3,(H,60,91)(H,62,82)(H,63,85)(H,64,84)(H,65,89)(H,66,88)(H,67,86)(H,68,90)(H,69,87)(H,70,92)(H4,57,58,61)/t28?,29?,31?,32?,33?,34?,36?,37?,38-,44?,45?/m0/s1. The summed E-state index contributed by atoms with van der Waals surface area (Å²) in [5, 5.41) is 99.8. The number of carbonyl (C=O) groups is 13. The topological polar surface area (TPSA) is 598 Å². The molecule has 0 bridgehead atoms. The van der Waals surface area contributed by atoms with Gasteiger partial charge in [0, 0.05) is 50.8 Å². The van der Waals surface area contributed by atoms with E-state index in [0.717, 1.165) is 26.2 Å². The van der Waals surface area contributed by atoms with E-state index in [-0.39, 0.29) is 148 Å². The molecule has 3 aliphatic heterocycles. The van der Waals surface area contributed by atoms with Gasteiger partial charge in [0.25, 0.3) is 0 Å². The summed E-state index contributed by atoms with van der Waals surface area (Å²) in [5.74, 6) is -12.1. The summed E-state index contributed by atoms with van der Waals surface area (Å²) in [4.78, 5) is 190. The number of aliphatic hydroxyl groups excluding tert-OH is 4. The number of benzene rings is 1. The van der Waals surface area contributed by atoms with Crippen LogP contribution in [-0.4, -0.2) is 248 Å². The minimum atomic E-state index is -1.96. The molecule has 3 heterocycles. The van der Waals surface area contributed by atoms with Gasteiger partial charge in [-0.2, -0.15) is 0 Å². The second-order valence-electron chi connectivity index (χ2n) is 22.3. The molecule has 0 aromatic rings. The lowest BCUT2D eigenvalue weighted by molar-refractivity contribution is -0.150. The summed E-state index contributed by atoms with van der Waals surface area (Å²) in [6, 6.07) is -11.6. The van der Waals surface area contributed by atoms with Crippen molar-refractivity contribution in [2.75, 3.05) is 63.7 Å². The zero-order valence-electron chi connectivity index (χ0n) is 52.4. The summed E-state index contributed by atoms with van der Waals surface area (Å²) in [7, 11) is 1.14. The average molecular weight is 1350 g/mol. The van der Waals surface area contributed by atoms with Crippen molar-refractivity contribution >= 4 is 95.3 Å². The Morgan fingerprint density at radius 2 is 1.28 bits per heavy atom. The summed E-state index contributed by atoms with van der Waals surface area (Å²) in [5.41, 5.74) is 10.4. The first-order valence-electron chi connectivity index (χ1n) is 30.3. The number of hydroxylamine groups is 4. The first-order chi connectivity index (χ1) is 45.1. The Bertz CT molecular complexity index is 3110. The molecule has 22 N–H and O–H groups in total. The van der Waals surface area contributed by atoms with E-state index < -0.39 is 169 Å². The molecular formula is C56H85N17O22. The van der Waals surface area contributed by atoms with E-state index in [1.165, 1.54) is 17.6 Å². The predicted octanol–water partition coefficient (Wildman–Crippen LogP) is -7.86. The number of phenolic OH excluding ortho intramolecular Hbond substituents is 1. The molecule has 95 heavy (non-hydrogen) atoms. The first kappa shape index (κ1) is 77.6.